The maximum atomic E-state index is 13.5. The summed E-state index contributed by atoms with van der Waals surface area (Å²) in [5.74, 6) is 0.155. The number of hydrogen-bond acceptors (Lipinski definition) is 8. The van der Waals surface area contributed by atoms with Crippen LogP contribution in [0.3, 0.4) is 0 Å². The van der Waals surface area contributed by atoms with Crippen molar-refractivity contribution in [1.29, 1.82) is 0 Å². The van der Waals surface area contributed by atoms with E-state index in [1.165, 1.54) is 32.4 Å². The van der Waals surface area contributed by atoms with Crippen molar-refractivity contribution >= 4 is 17.7 Å². The Bertz CT molecular complexity index is 1520. The first-order valence-electron chi connectivity index (χ1n) is 14.5. The summed E-state index contributed by atoms with van der Waals surface area (Å²) in [4.78, 5) is 27.7. The molecule has 3 heterocycles. The van der Waals surface area contributed by atoms with Crippen LogP contribution in [0.15, 0.2) is 47.0 Å². The molecule has 3 aliphatic rings. The van der Waals surface area contributed by atoms with E-state index in [1.807, 2.05) is 0 Å². The van der Waals surface area contributed by atoms with Gasteiger partial charge in [0, 0.05) is 29.1 Å². The number of urea groups is 1. The van der Waals surface area contributed by atoms with E-state index in [4.69, 9.17) is 18.7 Å². The summed E-state index contributed by atoms with van der Waals surface area (Å²) in [6.45, 7) is 0.102. The Labute approximate surface area is 251 Å². The van der Waals surface area contributed by atoms with Crippen LogP contribution in [0.4, 0.5) is 23.7 Å². The van der Waals surface area contributed by atoms with Gasteiger partial charge in [-0.15, -0.1) is 13.2 Å². The fraction of sp³-hybridized carbons (Fsp3) is 0.452. The smallest absolute Gasteiger partial charge is 0.495 e. The number of carbonyl (C=O) groups excluding carboxylic acids is 2. The minimum absolute atomic E-state index is 0.0965. The number of ether oxygens (including phenoxy) is 4. The Kier molecular flexibility index (Phi) is 8.14. The first-order chi connectivity index (χ1) is 21.2. The van der Waals surface area contributed by atoms with E-state index >= 15 is 0 Å². The molecule has 2 atom stereocenters. The summed E-state index contributed by atoms with van der Waals surface area (Å²) in [7, 11) is 2.72. The molecule has 3 fully saturated rings. The number of benzene rings is 2. The van der Waals surface area contributed by atoms with Gasteiger partial charge in [-0.3, -0.25) is 0 Å². The van der Waals surface area contributed by atoms with Crippen molar-refractivity contribution in [3.05, 3.63) is 59.4 Å². The van der Waals surface area contributed by atoms with E-state index in [9.17, 15) is 22.8 Å². The molecule has 2 aliphatic heterocycles. The maximum Gasteiger partial charge on any atom is 0.573 e. The number of nitrogens with zero attached hydrogens (tertiary/aromatic N) is 2. The molecule has 44 heavy (non-hydrogen) atoms. The number of esters is 1. The van der Waals surface area contributed by atoms with Gasteiger partial charge >= 0.3 is 18.4 Å². The molecule has 2 aromatic carbocycles. The summed E-state index contributed by atoms with van der Waals surface area (Å²) in [6, 6.07) is 10.2. The average Bonchev–Trinajstić information content (AvgIpc) is 3.70. The maximum absolute atomic E-state index is 13.5. The SMILES string of the molecule is COC(=O)c1cccc(OC)c1NC(=O)N1C2CCC1CC(OCc1c(-c3ccccc3OC(F)(F)F)noc1C1CC1)C2. The molecule has 10 nitrogen and oxygen atoms in total. The molecule has 1 saturated carbocycles. The molecule has 2 saturated heterocycles. The lowest BCUT2D eigenvalue weighted by atomic mass is 9.99. The minimum atomic E-state index is -4.86. The number of hydrogen-bond donors (Lipinski definition) is 1. The zero-order valence-corrected chi connectivity index (χ0v) is 24.2. The second-order valence-electron chi connectivity index (χ2n) is 11.2. The molecule has 6 rings (SSSR count). The standard InChI is InChI=1S/C31H32F3N3O7/c1-40-25-9-5-7-22(29(38)41-2)27(25)35-30(39)37-18-12-13-19(37)15-20(14-18)42-16-23-26(36-44-28(23)17-10-11-17)21-6-3-4-8-24(21)43-31(32,33)34/h3-9,17-20H,10-16H2,1-2H3,(H,35,39). The molecule has 3 aromatic rings. The molecule has 0 radical (unpaired) electrons. The zero-order valence-electron chi connectivity index (χ0n) is 24.2. The third-order valence-electron chi connectivity index (χ3n) is 8.41. The van der Waals surface area contributed by atoms with Crippen LogP contribution in [0.1, 0.15) is 66.1 Å². The Morgan fingerprint density at radius 2 is 1.70 bits per heavy atom. The number of alkyl halides is 3. The first-order valence-corrected chi connectivity index (χ1v) is 14.5. The van der Waals surface area contributed by atoms with Crippen LogP contribution in [0.25, 0.3) is 11.3 Å². The van der Waals surface area contributed by atoms with Crippen molar-refractivity contribution in [2.24, 2.45) is 0 Å². The lowest BCUT2D eigenvalue weighted by Crippen LogP contribution is -2.50. The van der Waals surface area contributed by atoms with Gasteiger partial charge in [0.2, 0.25) is 0 Å². The number of anilines is 1. The van der Waals surface area contributed by atoms with Crippen molar-refractivity contribution in [1.82, 2.24) is 10.1 Å². The Morgan fingerprint density at radius 1 is 1.00 bits per heavy atom. The van der Waals surface area contributed by atoms with E-state index in [1.54, 1.807) is 29.2 Å². The summed E-state index contributed by atoms with van der Waals surface area (Å²) < 4.78 is 65.9. The van der Waals surface area contributed by atoms with Crippen molar-refractivity contribution in [3.63, 3.8) is 0 Å². The number of methoxy groups -OCH3 is 2. The van der Waals surface area contributed by atoms with E-state index < -0.39 is 12.3 Å². The van der Waals surface area contributed by atoms with E-state index in [0.717, 1.165) is 25.7 Å². The fourth-order valence-electron chi connectivity index (χ4n) is 6.29. The van der Waals surface area contributed by atoms with E-state index in [0.29, 0.717) is 29.9 Å². The third kappa shape index (κ3) is 6.05. The van der Waals surface area contributed by atoms with Crippen LogP contribution >= 0.6 is 0 Å². The largest absolute Gasteiger partial charge is 0.573 e. The zero-order chi connectivity index (χ0) is 31.0. The minimum Gasteiger partial charge on any atom is -0.495 e. The molecule has 2 unspecified atom stereocenters. The van der Waals surface area contributed by atoms with Crippen LogP contribution in [-0.4, -0.2) is 60.8 Å². The van der Waals surface area contributed by atoms with Gasteiger partial charge in [0.25, 0.3) is 0 Å². The van der Waals surface area contributed by atoms with Crippen LogP contribution < -0.4 is 14.8 Å². The topological polar surface area (TPSA) is 112 Å². The summed E-state index contributed by atoms with van der Waals surface area (Å²) in [5.41, 5.74) is 1.48. The summed E-state index contributed by atoms with van der Waals surface area (Å²) in [5, 5.41) is 7.02. The van der Waals surface area contributed by atoms with Crippen molar-refractivity contribution < 1.29 is 46.2 Å². The van der Waals surface area contributed by atoms with Crippen LogP contribution in [0, 0.1) is 0 Å². The molecule has 0 spiro atoms. The molecule has 2 bridgehead atoms. The van der Waals surface area contributed by atoms with Crippen molar-refractivity contribution in [2.75, 3.05) is 19.5 Å². The predicted molar refractivity (Wildman–Crippen MR) is 150 cm³/mol. The highest BCUT2D eigenvalue weighted by atomic mass is 19.4. The quantitative estimate of drug-likeness (QED) is 0.266. The highest BCUT2D eigenvalue weighted by Gasteiger charge is 2.44. The van der Waals surface area contributed by atoms with E-state index in [2.05, 4.69) is 15.2 Å². The Hall–Kier alpha value is -4.26. The van der Waals surface area contributed by atoms with Gasteiger partial charge in [0.15, 0.2) is 0 Å². The number of nitrogens with one attached hydrogen (secondary N) is 1. The fourth-order valence-corrected chi connectivity index (χ4v) is 6.29. The third-order valence-corrected chi connectivity index (χ3v) is 8.41. The molecular weight excluding hydrogens is 583 g/mol. The lowest BCUT2D eigenvalue weighted by molar-refractivity contribution is -0.274. The number of aromatic nitrogens is 1. The highest BCUT2D eigenvalue weighted by Crippen LogP contribution is 2.46. The number of amides is 2. The molecule has 2 amide bonds. The summed E-state index contributed by atoms with van der Waals surface area (Å²) >= 11 is 0. The van der Waals surface area contributed by atoms with Gasteiger partial charge < -0.3 is 33.7 Å². The van der Waals surface area contributed by atoms with Gasteiger partial charge in [-0.25, -0.2) is 9.59 Å². The first kappa shape index (κ1) is 29.8. The molecule has 13 heteroatoms. The molecule has 1 N–H and O–H groups in total. The van der Waals surface area contributed by atoms with Crippen LogP contribution in [-0.2, 0) is 16.1 Å². The molecule has 1 aromatic heterocycles. The second kappa shape index (κ2) is 12.0. The van der Waals surface area contributed by atoms with Gasteiger partial charge in [0.1, 0.15) is 23.0 Å². The Balaban J connectivity index is 1.17. The van der Waals surface area contributed by atoms with Crippen LogP contribution in [0.5, 0.6) is 11.5 Å². The van der Waals surface area contributed by atoms with Gasteiger partial charge in [-0.05, 0) is 62.8 Å². The molecule has 1 aliphatic carbocycles. The number of carbonyl (C=O) groups is 2. The van der Waals surface area contributed by atoms with Crippen LogP contribution in [0.2, 0.25) is 0 Å². The number of rotatable bonds is 9. The lowest BCUT2D eigenvalue weighted by Gasteiger charge is -2.38. The number of para-hydroxylation sites is 2. The van der Waals surface area contributed by atoms with Crippen molar-refractivity contribution in [3.8, 4) is 22.8 Å². The monoisotopic (exact) mass is 615 g/mol. The summed E-state index contributed by atoms with van der Waals surface area (Å²) in [6.07, 6.45) is -0.497. The average molecular weight is 616 g/mol. The van der Waals surface area contributed by atoms with Gasteiger partial charge in [-0.1, -0.05) is 23.4 Å². The van der Waals surface area contributed by atoms with Gasteiger partial charge in [-0.2, -0.15) is 0 Å². The molecular formula is C31H32F3N3O7. The highest BCUT2D eigenvalue weighted by molar-refractivity contribution is 6.02. The van der Waals surface area contributed by atoms with Crippen molar-refractivity contribution in [2.45, 2.75) is 75.6 Å². The Morgan fingerprint density at radius 3 is 2.36 bits per heavy atom. The van der Waals surface area contributed by atoms with E-state index in [-0.39, 0.29) is 65.0 Å². The predicted octanol–water partition coefficient (Wildman–Crippen LogP) is 6.66. The number of halogens is 3. The second-order valence-corrected chi connectivity index (χ2v) is 11.2. The van der Waals surface area contributed by atoms with Gasteiger partial charge in [0.05, 0.1) is 38.2 Å². The number of piperidine rings is 1. The normalized spacial score (nSPS) is 21.2. The molecule has 234 valence electrons. The number of fused-ring (bicyclic) bond motifs is 2.